The maximum Gasteiger partial charge on any atom is 0.306 e. The van der Waals surface area contributed by atoms with E-state index in [0.717, 1.165) is 0 Å². The van der Waals surface area contributed by atoms with Crippen LogP contribution < -0.4 is 5.32 Å². The standard InChI is InChI=1S/C12H15FN2O3/c1-8(12(17)18)4-2-7-15-11(16)9-5-3-6-14-10(9)13/h3,5-6,8H,2,4,7H2,1H3,(H,15,16)(H,17,18). The summed E-state index contributed by atoms with van der Waals surface area (Å²) >= 11 is 0. The van der Waals surface area contributed by atoms with E-state index >= 15 is 0 Å². The summed E-state index contributed by atoms with van der Waals surface area (Å²) < 4.78 is 13.1. The van der Waals surface area contributed by atoms with Gasteiger partial charge in [0.2, 0.25) is 5.95 Å². The maximum absolute atomic E-state index is 13.1. The second-order valence-corrected chi connectivity index (χ2v) is 3.98. The highest BCUT2D eigenvalue weighted by Crippen LogP contribution is 2.05. The Morgan fingerprint density at radius 1 is 1.56 bits per heavy atom. The van der Waals surface area contributed by atoms with Crippen molar-refractivity contribution in [3.63, 3.8) is 0 Å². The van der Waals surface area contributed by atoms with Crippen molar-refractivity contribution in [1.29, 1.82) is 0 Å². The fraction of sp³-hybridized carbons (Fsp3) is 0.417. The fourth-order valence-electron chi connectivity index (χ4n) is 1.38. The number of hydrogen-bond donors (Lipinski definition) is 2. The third kappa shape index (κ3) is 4.12. The van der Waals surface area contributed by atoms with Crippen LogP contribution in [0.1, 0.15) is 30.1 Å². The van der Waals surface area contributed by atoms with Crippen LogP contribution in [0, 0.1) is 11.9 Å². The monoisotopic (exact) mass is 254 g/mol. The van der Waals surface area contributed by atoms with Crippen LogP contribution in [0.4, 0.5) is 4.39 Å². The number of halogens is 1. The molecular formula is C12H15FN2O3. The van der Waals surface area contributed by atoms with E-state index in [0.29, 0.717) is 19.4 Å². The Morgan fingerprint density at radius 2 is 2.28 bits per heavy atom. The lowest BCUT2D eigenvalue weighted by atomic mass is 10.1. The van der Waals surface area contributed by atoms with Crippen molar-refractivity contribution < 1.29 is 19.1 Å². The summed E-state index contributed by atoms with van der Waals surface area (Å²) in [7, 11) is 0. The molecule has 0 radical (unpaired) electrons. The number of carbonyl (C=O) groups excluding carboxylic acids is 1. The van der Waals surface area contributed by atoms with Crippen molar-refractivity contribution in [1.82, 2.24) is 10.3 Å². The first kappa shape index (κ1) is 14.1. The zero-order valence-electron chi connectivity index (χ0n) is 10.0. The van der Waals surface area contributed by atoms with Crippen LogP contribution >= 0.6 is 0 Å². The highest BCUT2D eigenvalue weighted by Gasteiger charge is 2.12. The van der Waals surface area contributed by atoms with Gasteiger partial charge in [-0.2, -0.15) is 4.39 Å². The van der Waals surface area contributed by atoms with Gasteiger partial charge in [-0.05, 0) is 25.0 Å². The number of carbonyl (C=O) groups is 2. The van der Waals surface area contributed by atoms with Gasteiger partial charge >= 0.3 is 5.97 Å². The Bertz CT molecular complexity index is 437. The van der Waals surface area contributed by atoms with Gasteiger partial charge in [0, 0.05) is 12.7 Å². The van der Waals surface area contributed by atoms with Crippen LogP contribution in [0.5, 0.6) is 0 Å². The van der Waals surface area contributed by atoms with Gasteiger partial charge in [-0.15, -0.1) is 0 Å². The molecule has 0 fully saturated rings. The topological polar surface area (TPSA) is 79.3 Å². The molecule has 18 heavy (non-hydrogen) atoms. The molecule has 0 spiro atoms. The lowest BCUT2D eigenvalue weighted by Crippen LogP contribution is -2.26. The molecule has 1 atom stereocenters. The minimum atomic E-state index is -0.861. The summed E-state index contributed by atoms with van der Waals surface area (Å²) in [5.41, 5.74) is -0.108. The molecule has 0 aromatic carbocycles. The molecule has 1 rings (SSSR count). The summed E-state index contributed by atoms with van der Waals surface area (Å²) in [5.74, 6) is -2.66. The van der Waals surface area contributed by atoms with Gasteiger partial charge in [0.15, 0.2) is 0 Å². The van der Waals surface area contributed by atoms with Crippen LogP contribution in [0.15, 0.2) is 18.3 Å². The number of amides is 1. The number of nitrogens with one attached hydrogen (secondary N) is 1. The molecule has 98 valence electrons. The van der Waals surface area contributed by atoms with Crippen molar-refractivity contribution in [3.8, 4) is 0 Å². The Kier molecular flexibility index (Phi) is 5.23. The molecule has 1 heterocycles. The number of aromatic nitrogens is 1. The summed E-state index contributed by atoms with van der Waals surface area (Å²) in [6.45, 7) is 1.91. The van der Waals surface area contributed by atoms with Gasteiger partial charge in [-0.1, -0.05) is 6.92 Å². The minimum Gasteiger partial charge on any atom is -0.481 e. The number of aliphatic carboxylic acids is 1. The van der Waals surface area contributed by atoms with Gasteiger partial charge in [0.25, 0.3) is 5.91 Å². The second kappa shape index (κ2) is 6.68. The average Bonchev–Trinajstić information content (AvgIpc) is 2.34. The highest BCUT2D eigenvalue weighted by molar-refractivity contribution is 5.94. The van der Waals surface area contributed by atoms with Crippen molar-refractivity contribution in [2.75, 3.05) is 6.54 Å². The van der Waals surface area contributed by atoms with Crippen molar-refractivity contribution in [3.05, 3.63) is 29.8 Å². The highest BCUT2D eigenvalue weighted by atomic mass is 19.1. The number of carboxylic acid groups (broad SMARTS) is 1. The minimum absolute atomic E-state index is 0.108. The van der Waals surface area contributed by atoms with Gasteiger partial charge in [0.1, 0.15) is 0 Å². The van der Waals surface area contributed by atoms with E-state index in [-0.39, 0.29) is 5.56 Å². The number of pyridine rings is 1. The molecule has 1 aromatic heterocycles. The van der Waals surface area contributed by atoms with E-state index in [1.54, 1.807) is 6.92 Å². The van der Waals surface area contributed by atoms with Crippen molar-refractivity contribution in [2.24, 2.45) is 5.92 Å². The number of rotatable bonds is 6. The molecular weight excluding hydrogens is 239 g/mol. The predicted octanol–water partition coefficient (Wildman–Crippen LogP) is 1.45. The molecule has 5 nitrogen and oxygen atoms in total. The van der Waals surface area contributed by atoms with E-state index in [1.165, 1.54) is 18.3 Å². The van der Waals surface area contributed by atoms with Crippen LogP contribution in [-0.4, -0.2) is 28.5 Å². The SMILES string of the molecule is CC(CCCNC(=O)c1cccnc1F)C(=O)O. The Morgan fingerprint density at radius 3 is 2.89 bits per heavy atom. The molecule has 6 heteroatoms. The van der Waals surface area contributed by atoms with Crippen LogP contribution in [0.2, 0.25) is 0 Å². The van der Waals surface area contributed by atoms with Gasteiger partial charge in [0.05, 0.1) is 11.5 Å². The fourth-order valence-corrected chi connectivity index (χ4v) is 1.38. The summed E-state index contributed by atoms with van der Waals surface area (Å²) in [6, 6.07) is 2.82. The molecule has 0 bridgehead atoms. The molecule has 1 aromatic rings. The first-order valence-electron chi connectivity index (χ1n) is 5.64. The quantitative estimate of drug-likeness (QED) is 0.595. The van der Waals surface area contributed by atoms with E-state index in [9.17, 15) is 14.0 Å². The number of nitrogens with zero attached hydrogens (tertiary/aromatic N) is 1. The second-order valence-electron chi connectivity index (χ2n) is 3.98. The third-order valence-electron chi connectivity index (χ3n) is 2.52. The Balaban J connectivity index is 2.34. The van der Waals surface area contributed by atoms with E-state index in [1.807, 2.05) is 0 Å². The molecule has 1 unspecified atom stereocenters. The van der Waals surface area contributed by atoms with Gasteiger partial charge in [-0.3, -0.25) is 9.59 Å². The first-order chi connectivity index (χ1) is 8.52. The van der Waals surface area contributed by atoms with Crippen molar-refractivity contribution >= 4 is 11.9 Å². The average molecular weight is 254 g/mol. The zero-order chi connectivity index (χ0) is 13.5. The first-order valence-corrected chi connectivity index (χ1v) is 5.64. The summed E-state index contributed by atoms with van der Waals surface area (Å²) in [5, 5.41) is 11.2. The third-order valence-corrected chi connectivity index (χ3v) is 2.52. The van der Waals surface area contributed by atoms with E-state index in [2.05, 4.69) is 10.3 Å². The van der Waals surface area contributed by atoms with Gasteiger partial charge < -0.3 is 10.4 Å². The lowest BCUT2D eigenvalue weighted by molar-refractivity contribution is -0.141. The summed E-state index contributed by atoms with van der Waals surface area (Å²) in [6.07, 6.45) is 2.26. The number of carboxylic acids is 1. The molecule has 2 N–H and O–H groups in total. The smallest absolute Gasteiger partial charge is 0.306 e. The Labute approximate surface area is 104 Å². The number of hydrogen-bond acceptors (Lipinski definition) is 3. The maximum atomic E-state index is 13.1. The van der Waals surface area contributed by atoms with Crippen LogP contribution in [-0.2, 0) is 4.79 Å². The normalized spacial score (nSPS) is 11.9. The molecule has 1 amide bonds. The Hall–Kier alpha value is -1.98. The molecule has 0 saturated carbocycles. The zero-order valence-corrected chi connectivity index (χ0v) is 10.0. The molecule has 0 aliphatic rings. The lowest BCUT2D eigenvalue weighted by Gasteiger charge is -2.07. The van der Waals surface area contributed by atoms with Crippen LogP contribution in [0.25, 0.3) is 0 Å². The molecule has 0 saturated heterocycles. The largest absolute Gasteiger partial charge is 0.481 e. The summed E-state index contributed by atoms with van der Waals surface area (Å²) in [4.78, 5) is 25.5. The van der Waals surface area contributed by atoms with E-state index in [4.69, 9.17) is 5.11 Å². The van der Waals surface area contributed by atoms with Crippen molar-refractivity contribution in [2.45, 2.75) is 19.8 Å². The van der Waals surface area contributed by atoms with Gasteiger partial charge in [-0.25, -0.2) is 4.98 Å². The van der Waals surface area contributed by atoms with Crippen LogP contribution in [0.3, 0.4) is 0 Å². The van der Waals surface area contributed by atoms with E-state index < -0.39 is 23.7 Å². The molecule has 0 aliphatic carbocycles. The predicted molar refractivity (Wildman–Crippen MR) is 62.6 cm³/mol. The molecule has 0 aliphatic heterocycles.